The van der Waals surface area contributed by atoms with Crippen molar-refractivity contribution in [1.82, 2.24) is 0 Å². The zero-order valence-electron chi connectivity index (χ0n) is 31.7. The van der Waals surface area contributed by atoms with Crippen LogP contribution in [0.2, 0.25) is 0 Å². The van der Waals surface area contributed by atoms with Crippen LogP contribution in [0.4, 0.5) is 0 Å². The van der Waals surface area contributed by atoms with Gasteiger partial charge in [0.2, 0.25) is 0 Å². The molecule has 3 heterocycles. The summed E-state index contributed by atoms with van der Waals surface area (Å²) in [5.74, 6) is 0.840. The van der Waals surface area contributed by atoms with Crippen LogP contribution in [0.15, 0.2) is 207 Å². The molecule has 274 valence electrons. The molecule has 0 aliphatic rings. The van der Waals surface area contributed by atoms with Crippen LogP contribution in [0.3, 0.4) is 0 Å². The van der Waals surface area contributed by atoms with E-state index in [1.807, 2.05) is 18.2 Å². The van der Waals surface area contributed by atoms with Gasteiger partial charge in [0.05, 0.1) is 0 Å². The molecular weight excluding hydrogens is 721 g/mol. The van der Waals surface area contributed by atoms with Crippen molar-refractivity contribution < 1.29 is 13.3 Å². The first-order valence-electron chi connectivity index (χ1n) is 20.1. The van der Waals surface area contributed by atoms with Crippen LogP contribution >= 0.6 is 0 Å². The van der Waals surface area contributed by atoms with Gasteiger partial charge < -0.3 is 13.3 Å². The molecule has 0 atom stereocenters. The summed E-state index contributed by atoms with van der Waals surface area (Å²) in [6.45, 7) is 0. The van der Waals surface area contributed by atoms with E-state index >= 15 is 0 Å². The Morgan fingerprint density at radius 1 is 0.271 bits per heavy atom. The maximum Gasteiger partial charge on any atom is 0.144 e. The van der Waals surface area contributed by atoms with Gasteiger partial charge >= 0.3 is 0 Å². The molecule has 0 bridgehead atoms. The van der Waals surface area contributed by atoms with Gasteiger partial charge in [0.25, 0.3) is 0 Å². The monoisotopic (exact) mass is 752 g/mol. The number of para-hydroxylation sites is 2. The lowest BCUT2D eigenvalue weighted by atomic mass is 9.85. The quantitative estimate of drug-likeness (QED) is 0.168. The minimum atomic E-state index is 0.814. The maximum atomic E-state index is 7.21. The van der Waals surface area contributed by atoms with Gasteiger partial charge in [0.1, 0.15) is 33.7 Å². The van der Waals surface area contributed by atoms with Crippen molar-refractivity contribution in [2.24, 2.45) is 0 Å². The molecule has 0 N–H and O–H groups in total. The van der Waals surface area contributed by atoms with Crippen molar-refractivity contribution >= 4 is 87.2 Å². The largest absolute Gasteiger partial charge is 0.456 e. The van der Waals surface area contributed by atoms with Gasteiger partial charge in [-0.05, 0) is 85.4 Å². The van der Waals surface area contributed by atoms with Gasteiger partial charge in [-0.15, -0.1) is 0 Å². The molecule has 0 radical (unpaired) electrons. The second-order valence-electron chi connectivity index (χ2n) is 15.5. The third kappa shape index (κ3) is 4.70. The van der Waals surface area contributed by atoms with Crippen LogP contribution in [0, 0.1) is 0 Å². The Morgan fingerprint density at radius 3 is 1.59 bits per heavy atom. The molecule has 0 fully saturated rings. The summed E-state index contributed by atoms with van der Waals surface area (Å²) in [5.41, 5.74) is 11.8. The summed E-state index contributed by atoms with van der Waals surface area (Å²) in [7, 11) is 0. The number of benzene rings is 10. The Bertz CT molecular complexity index is 3780. The molecule has 3 nitrogen and oxygen atoms in total. The molecule has 10 aromatic carbocycles. The lowest BCUT2D eigenvalue weighted by molar-refractivity contribution is 0.632. The summed E-state index contributed by atoms with van der Waals surface area (Å²) < 4.78 is 20.7. The Kier molecular flexibility index (Phi) is 6.72. The number of hydrogen-bond acceptors (Lipinski definition) is 3. The van der Waals surface area contributed by atoms with E-state index in [2.05, 4.69) is 176 Å². The van der Waals surface area contributed by atoms with E-state index in [4.69, 9.17) is 13.3 Å². The predicted octanol–water partition coefficient (Wildman–Crippen LogP) is 16.4. The fourth-order valence-corrected chi connectivity index (χ4v) is 9.69. The molecule has 13 aromatic rings. The average Bonchev–Trinajstić information content (AvgIpc) is 3.99. The molecule has 0 saturated carbocycles. The highest BCUT2D eigenvalue weighted by molar-refractivity contribution is 6.30. The number of furan rings is 3. The minimum Gasteiger partial charge on any atom is -0.456 e. The van der Waals surface area contributed by atoms with Crippen LogP contribution in [0.5, 0.6) is 0 Å². The standard InChI is InChI=1S/C56H32O3/c1-2-15-34(16-3-1)51-54-49(59-55(51)37-27-26-33-14-4-5-17-35(33)30-37)32-45(56-53(54)44-23-11-13-25-47(44)58-56)52-42-21-8-6-19-40(42)50(41-20-7-9-22-43(41)52)36-28-29-39-38-18-10-12-24-46(38)57-48(39)31-36/h1-32H. The summed E-state index contributed by atoms with van der Waals surface area (Å²) in [5, 5.41) is 12.3. The molecule has 0 aliphatic carbocycles. The van der Waals surface area contributed by atoms with Crippen LogP contribution in [-0.2, 0) is 0 Å². The molecule has 3 heteroatoms. The maximum absolute atomic E-state index is 7.21. The zero-order chi connectivity index (χ0) is 38.6. The van der Waals surface area contributed by atoms with Crippen molar-refractivity contribution in [3.63, 3.8) is 0 Å². The fraction of sp³-hybridized carbons (Fsp3) is 0. The molecule has 3 aromatic heterocycles. The van der Waals surface area contributed by atoms with E-state index in [-0.39, 0.29) is 0 Å². The molecule has 0 spiro atoms. The highest BCUT2D eigenvalue weighted by atomic mass is 16.3. The van der Waals surface area contributed by atoms with E-state index in [1.165, 1.54) is 16.3 Å². The first-order chi connectivity index (χ1) is 29.3. The average molecular weight is 753 g/mol. The molecule has 0 saturated heterocycles. The molecule has 0 unspecified atom stereocenters. The lowest BCUT2D eigenvalue weighted by Gasteiger charge is -2.18. The summed E-state index contributed by atoms with van der Waals surface area (Å²) in [6.07, 6.45) is 0. The van der Waals surface area contributed by atoms with E-state index in [0.29, 0.717) is 0 Å². The second-order valence-corrected chi connectivity index (χ2v) is 15.5. The van der Waals surface area contributed by atoms with E-state index in [1.54, 1.807) is 0 Å². The topological polar surface area (TPSA) is 39.4 Å². The van der Waals surface area contributed by atoms with Gasteiger partial charge in [-0.3, -0.25) is 0 Å². The molecule has 59 heavy (non-hydrogen) atoms. The lowest BCUT2D eigenvalue weighted by Crippen LogP contribution is -1.91. The Labute approximate surface area is 337 Å². The van der Waals surface area contributed by atoms with E-state index in [9.17, 15) is 0 Å². The highest BCUT2D eigenvalue weighted by Gasteiger charge is 2.27. The molecule has 0 amide bonds. The first kappa shape index (κ1) is 32.2. The van der Waals surface area contributed by atoms with Crippen LogP contribution < -0.4 is 0 Å². The summed E-state index contributed by atoms with van der Waals surface area (Å²) >= 11 is 0. The van der Waals surface area contributed by atoms with E-state index < -0.39 is 0 Å². The van der Waals surface area contributed by atoms with Crippen molar-refractivity contribution in [3.8, 4) is 44.7 Å². The number of hydrogen-bond donors (Lipinski definition) is 0. The molecule has 13 rings (SSSR count). The SMILES string of the molecule is c1ccc(-c2c(-c3ccc4ccccc4c3)oc3cc(-c4c5ccccc5c(-c5ccc6c(c5)oc5ccccc56)c5ccccc45)c4oc5ccccc5c4c23)cc1. The number of fused-ring (bicyclic) bond motifs is 11. The fourth-order valence-electron chi connectivity index (χ4n) is 9.69. The third-order valence-corrected chi connectivity index (χ3v) is 12.2. The Morgan fingerprint density at radius 2 is 0.847 bits per heavy atom. The second kappa shape index (κ2) is 12.3. The minimum absolute atomic E-state index is 0.814. The summed E-state index contributed by atoms with van der Waals surface area (Å²) in [4.78, 5) is 0. The van der Waals surface area contributed by atoms with Gasteiger partial charge in [-0.25, -0.2) is 0 Å². The number of rotatable bonds is 4. The highest BCUT2D eigenvalue weighted by Crippen LogP contribution is 2.52. The van der Waals surface area contributed by atoms with Gasteiger partial charge in [-0.2, -0.15) is 0 Å². The Balaban J connectivity index is 1.15. The molecule has 0 aliphatic heterocycles. The van der Waals surface area contributed by atoms with Crippen molar-refractivity contribution in [2.75, 3.05) is 0 Å². The smallest absolute Gasteiger partial charge is 0.144 e. The molecular formula is C56H32O3. The summed E-state index contributed by atoms with van der Waals surface area (Å²) in [6, 6.07) is 68.8. The van der Waals surface area contributed by atoms with Crippen LogP contribution in [-0.4, -0.2) is 0 Å². The third-order valence-electron chi connectivity index (χ3n) is 12.2. The van der Waals surface area contributed by atoms with Crippen LogP contribution in [0.25, 0.3) is 132 Å². The zero-order valence-corrected chi connectivity index (χ0v) is 31.7. The van der Waals surface area contributed by atoms with Crippen molar-refractivity contribution in [1.29, 1.82) is 0 Å². The predicted molar refractivity (Wildman–Crippen MR) is 245 cm³/mol. The first-order valence-corrected chi connectivity index (χ1v) is 20.1. The van der Waals surface area contributed by atoms with Crippen molar-refractivity contribution in [3.05, 3.63) is 194 Å². The van der Waals surface area contributed by atoms with E-state index in [0.717, 1.165) is 116 Å². The normalized spacial score (nSPS) is 12.1. The Hall–Kier alpha value is -7.88. The van der Waals surface area contributed by atoms with Gasteiger partial charge in [-0.1, -0.05) is 158 Å². The van der Waals surface area contributed by atoms with Gasteiger partial charge in [0.15, 0.2) is 0 Å². The van der Waals surface area contributed by atoms with Gasteiger partial charge in [0, 0.05) is 49.2 Å². The van der Waals surface area contributed by atoms with Crippen LogP contribution in [0.1, 0.15) is 0 Å². The van der Waals surface area contributed by atoms with Crippen molar-refractivity contribution in [2.45, 2.75) is 0 Å².